The molecule has 0 radical (unpaired) electrons. The Morgan fingerprint density at radius 2 is 1.57 bits per heavy atom. The second kappa shape index (κ2) is 9.53. The molecule has 0 bridgehead atoms. The Balaban J connectivity index is 2.44. The first-order valence-electron chi connectivity index (χ1n) is 10.6. The van der Waals surface area contributed by atoms with Crippen molar-refractivity contribution in [1.82, 2.24) is 0 Å². The number of nitriles is 1. The molecule has 16 heteroatoms. The van der Waals surface area contributed by atoms with Gasteiger partial charge in [-0.2, -0.15) is 49.2 Å². The maximum atomic E-state index is 14.2. The zero-order valence-corrected chi connectivity index (χ0v) is 20.1. The topological polar surface area (TPSA) is 52.9 Å². The predicted octanol–water partition coefficient (Wildman–Crippen LogP) is 7.54. The number of thiophene rings is 1. The fourth-order valence-electron chi connectivity index (χ4n) is 3.81. The minimum absolute atomic E-state index is 0.0296. The maximum absolute atomic E-state index is 14.2. The van der Waals surface area contributed by atoms with E-state index in [1.54, 1.807) is 6.07 Å². The standard InChI is InChI=1S/C21H20F12N2OS/c1-4-16(2,3)9-5-6-10-11(8-34)13(37-12(10)7-9)35-15(36)18(26,27)20(30,31)21(32,33)19(28,29)17(24,25)14(22)23/h9,14H,4-7H2,1-3H3,(H,35,36). The number of rotatable bonds is 9. The van der Waals surface area contributed by atoms with Crippen molar-refractivity contribution in [3.8, 4) is 6.07 Å². The van der Waals surface area contributed by atoms with E-state index in [1.165, 1.54) is 0 Å². The molecule has 210 valence electrons. The van der Waals surface area contributed by atoms with E-state index in [4.69, 9.17) is 0 Å². The van der Waals surface area contributed by atoms with E-state index in [1.807, 2.05) is 20.8 Å². The Morgan fingerprint density at radius 1 is 1.03 bits per heavy atom. The van der Waals surface area contributed by atoms with Crippen LogP contribution in [-0.2, 0) is 17.6 Å². The molecule has 1 heterocycles. The summed E-state index contributed by atoms with van der Waals surface area (Å²) in [7, 11) is 0. The highest BCUT2D eigenvalue weighted by molar-refractivity contribution is 7.16. The molecule has 1 aromatic heterocycles. The Morgan fingerprint density at radius 3 is 2.03 bits per heavy atom. The van der Waals surface area contributed by atoms with Crippen LogP contribution in [0.15, 0.2) is 0 Å². The fourth-order valence-corrected chi connectivity index (χ4v) is 5.09. The lowest BCUT2D eigenvalue weighted by Gasteiger charge is -2.38. The monoisotopic (exact) mass is 576 g/mol. The van der Waals surface area contributed by atoms with Gasteiger partial charge in [0, 0.05) is 4.88 Å². The van der Waals surface area contributed by atoms with Crippen molar-refractivity contribution in [3.63, 3.8) is 0 Å². The van der Waals surface area contributed by atoms with Crippen LogP contribution in [0.25, 0.3) is 0 Å². The van der Waals surface area contributed by atoms with Gasteiger partial charge in [0.25, 0.3) is 0 Å². The molecule has 1 aliphatic rings. The summed E-state index contributed by atoms with van der Waals surface area (Å²) in [6, 6.07) is 1.57. The van der Waals surface area contributed by atoms with Crippen molar-refractivity contribution < 1.29 is 57.5 Å². The van der Waals surface area contributed by atoms with E-state index in [0.717, 1.165) is 11.7 Å². The number of alkyl halides is 12. The minimum atomic E-state index is -7.81. The van der Waals surface area contributed by atoms with Crippen LogP contribution in [0.1, 0.15) is 49.6 Å². The Hall–Kier alpha value is -2.18. The van der Waals surface area contributed by atoms with Gasteiger partial charge in [-0.15, -0.1) is 11.3 Å². The molecule has 0 saturated carbocycles. The third-order valence-electron chi connectivity index (χ3n) is 6.78. The Labute approximate surface area is 206 Å². The van der Waals surface area contributed by atoms with Crippen LogP contribution >= 0.6 is 11.3 Å². The smallest absolute Gasteiger partial charge is 0.311 e. The second-order valence-corrected chi connectivity index (χ2v) is 10.4. The van der Waals surface area contributed by atoms with Gasteiger partial charge in [0.1, 0.15) is 11.1 Å². The van der Waals surface area contributed by atoms with Crippen molar-refractivity contribution in [2.24, 2.45) is 11.3 Å². The van der Waals surface area contributed by atoms with Crippen LogP contribution < -0.4 is 5.32 Å². The number of halogens is 12. The van der Waals surface area contributed by atoms with Crippen molar-refractivity contribution in [2.45, 2.75) is 82.5 Å². The van der Waals surface area contributed by atoms with Crippen molar-refractivity contribution in [2.75, 3.05) is 5.32 Å². The highest BCUT2D eigenvalue weighted by atomic mass is 32.1. The number of amides is 1. The van der Waals surface area contributed by atoms with E-state index >= 15 is 0 Å². The van der Waals surface area contributed by atoms with E-state index in [-0.39, 0.29) is 23.3 Å². The fraction of sp³-hybridized carbons (Fsp3) is 0.714. The lowest BCUT2D eigenvalue weighted by Crippen LogP contribution is -2.70. The molecule has 0 aromatic carbocycles. The Kier molecular flexibility index (Phi) is 8.00. The third kappa shape index (κ3) is 4.65. The van der Waals surface area contributed by atoms with Gasteiger partial charge in [-0.1, -0.05) is 27.2 Å². The summed E-state index contributed by atoms with van der Waals surface area (Å²) in [6.45, 7) is 5.80. The zero-order valence-electron chi connectivity index (χ0n) is 19.3. The summed E-state index contributed by atoms with van der Waals surface area (Å²) in [5.74, 6) is -40.3. The number of anilines is 1. The second-order valence-electron chi connectivity index (χ2n) is 9.28. The van der Waals surface area contributed by atoms with Gasteiger partial charge in [0.05, 0.1) is 5.56 Å². The Bertz CT molecular complexity index is 1070. The van der Waals surface area contributed by atoms with Crippen molar-refractivity contribution in [3.05, 3.63) is 16.0 Å². The molecule has 0 saturated heterocycles. The average molecular weight is 576 g/mol. The number of nitrogens with one attached hydrogen (secondary N) is 1. The lowest BCUT2D eigenvalue weighted by atomic mass is 9.69. The van der Waals surface area contributed by atoms with Crippen LogP contribution in [0.2, 0.25) is 0 Å². The van der Waals surface area contributed by atoms with Gasteiger partial charge in [-0.25, -0.2) is 8.78 Å². The molecule has 1 aliphatic carbocycles. The normalized spacial score (nSPS) is 18.0. The number of nitrogens with zero attached hydrogens (tertiary/aromatic N) is 1. The lowest BCUT2D eigenvalue weighted by molar-refractivity contribution is -0.406. The van der Waals surface area contributed by atoms with Crippen LogP contribution in [0, 0.1) is 22.7 Å². The molecule has 3 nitrogen and oxygen atoms in total. The van der Waals surface area contributed by atoms with Gasteiger partial charge in [0.15, 0.2) is 0 Å². The van der Waals surface area contributed by atoms with Crippen molar-refractivity contribution in [1.29, 1.82) is 5.26 Å². The predicted molar refractivity (Wildman–Crippen MR) is 108 cm³/mol. The summed E-state index contributed by atoms with van der Waals surface area (Å²) >= 11 is 0.506. The first kappa shape index (κ1) is 31.0. The summed E-state index contributed by atoms with van der Waals surface area (Å²) < 4.78 is 161. The average Bonchev–Trinajstić information content (AvgIpc) is 3.14. The molecule has 1 unspecified atom stereocenters. The highest BCUT2D eigenvalue weighted by Crippen LogP contribution is 2.58. The quantitative estimate of drug-likeness (QED) is 0.309. The summed E-state index contributed by atoms with van der Waals surface area (Å²) in [6.07, 6.45) is -3.86. The molecule has 0 aliphatic heterocycles. The summed E-state index contributed by atoms with van der Waals surface area (Å²) in [5.41, 5.74) is -0.361. The molecule has 0 spiro atoms. The van der Waals surface area contributed by atoms with Gasteiger partial charge < -0.3 is 5.32 Å². The van der Waals surface area contributed by atoms with Crippen LogP contribution in [0.5, 0.6) is 0 Å². The van der Waals surface area contributed by atoms with E-state index in [9.17, 15) is 62.7 Å². The molecule has 1 atom stereocenters. The molecule has 2 rings (SSSR count). The van der Waals surface area contributed by atoms with E-state index in [2.05, 4.69) is 0 Å². The van der Waals surface area contributed by atoms with Gasteiger partial charge >= 0.3 is 41.9 Å². The van der Waals surface area contributed by atoms with Gasteiger partial charge in [-0.3, -0.25) is 4.79 Å². The molecule has 1 aromatic rings. The number of fused-ring (bicyclic) bond motifs is 1. The number of hydrogen-bond donors (Lipinski definition) is 1. The molecular formula is C21H20F12N2OS. The molecule has 37 heavy (non-hydrogen) atoms. The number of hydrogen-bond acceptors (Lipinski definition) is 3. The first-order valence-corrected chi connectivity index (χ1v) is 11.4. The van der Waals surface area contributed by atoms with Gasteiger partial charge in [-0.05, 0) is 36.2 Å². The first-order chi connectivity index (χ1) is 16.5. The number of carbonyl (C=O) groups is 1. The number of carbonyl (C=O) groups excluding carboxylic acids is 1. The molecule has 1 amide bonds. The van der Waals surface area contributed by atoms with Crippen LogP contribution in [-0.4, -0.2) is 41.9 Å². The van der Waals surface area contributed by atoms with E-state index in [0.29, 0.717) is 29.1 Å². The molecule has 0 fully saturated rings. The van der Waals surface area contributed by atoms with Gasteiger partial charge in [0.2, 0.25) is 0 Å². The van der Waals surface area contributed by atoms with Crippen LogP contribution in [0.3, 0.4) is 0 Å². The maximum Gasteiger partial charge on any atom is 0.393 e. The van der Waals surface area contributed by atoms with Crippen molar-refractivity contribution >= 4 is 22.2 Å². The zero-order chi connectivity index (χ0) is 29.0. The SMILES string of the molecule is CCC(C)(C)C1CCc2c(sc(NC(=O)C(F)(F)C(F)(F)C(F)(F)C(F)(F)C(F)(F)C(F)F)c2C#N)C1. The highest BCUT2D eigenvalue weighted by Gasteiger charge is 2.89. The summed E-state index contributed by atoms with van der Waals surface area (Å²) in [4.78, 5) is 12.3. The van der Waals surface area contributed by atoms with Crippen LogP contribution in [0.4, 0.5) is 57.7 Å². The summed E-state index contributed by atoms with van der Waals surface area (Å²) in [5, 5.41) is 9.75. The van der Waals surface area contributed by atoms with E-state index < -0.39 is 52.5 Å². The molecule has 1 N–H and O–H groups in total. The largest absolute Gasteiger partial charge is 0.393 e. The minimum Gasteiger partial charge on any atom is -0.311 e. The molecular weight excluding hydrogens is 556 g/mol. The third-order valence-corrected chi connectivity index (χ3v) is 7.95.